The van der Waals surface area contributed by atoms with Crippen molar-refractivity contribution in [1.82, 2.24) is 4.90 Å². The minimum absolute atomic E-state index is 0.0660. The van der Waals surface area contributed by atoms with Crippen molar-refractivity contribution < 1.29 is 18.3 Å². The van der Waals surface area contributed by atoms with Crippen LogP contribution in [0.4, 0.5) is 19.3 Å². The summed E-state index contributed by atoms with van der Waals surface area (Å²) < 4.78 is 30.8. The number of alkyl halides is 2. The Morgan fingerprint density at radius 2 is 2.05 bits per heavy atom. The van der Waals surface area contributed by atoms with E-state index in [1.807, 2.05) is 13.8 Å². The fourth-order valence-electron chi connectivity index (χ4n) is 2.35. The molecule has 1 aliphatic rings. The molecule has 1 aliphatic heterocycles. The number of thioether (sulfide) groups is 1. The average molecular weight is 351 g/mol. The zero-order chi connectivity index (χ0) is 16.3. The van der Waals surface area contributed by atoms with Gasteiger partial charge in [-0.3, -0.25) is 0 Å². The number of urea groups is 1. The molecule has 1 aromatic carbocycles. The van der Waals surface area contributed by atoms with Crippen molar-refractivity contribution in [3.8, 4) is 0 Å². The van der Waals surface area contributed by atoms with Crippen LogP contribution in [0.1, 0.15) is 13.8 Å². The van der Waals surface area contributed by atoms with Gasteiger partial charge in [-0.15, -0.1) is 0 Å². The van der Waals surface area contributed by atoms with E-state index in [2.05, 4.69) is 5.32 Å². The zero-order valence-corrected chi connectivity index (χ0v) is 13.8. The minimum atomic E-state index is -2.61. The van der Waals surface area contributed by atoms with Crippen molar-refractivity contribution >= 4 is 35.1 Å². The second kappa shape index (κ2) is 7.48. The second-order valence-electron chi connectivity index (χ2n) is 5.09. The summed E-state index contributed by atoms with van der Waals surface area (Å²) in [7, 11) is 0. The highest BCUT2D eigenvalue weighted by atomic mass is 35.5. The van der Waals surface area contributed by atoms with E-state index in [0.29, 0.717) is 24.9 Å². The molecule has 4 nitrogen and oxygen atoms in total. The third-order valence-electron chi connectivity index (χ3n) is 3.12. The molecule has 1 aromatic rings. The van der Waals surface area contributed by atoms with Crippen LogP contribution >= 0.6 is 23.4 Å². The van der Waals surface area contributed by atoms with Crippen molar-refractivity contribution in [3.63, 3.8) is 0 Å². The molecule has 0 aliphatic carbocycles. The van der Waals surface area contributed by atoms with Crippen molar-refractivity contribution in [2.24, 2.45) is 0 Å². The lowest BCUT2D eigenvalue weighted by Crippen LogP contribution is -2.49. The predicted octanol–water partition coefficient (Wildman–Crippen LogP) is 4.30. The topological polar surface area (TPSA) is 41.6 Å². The first-order valence-electron chi connectivity index (χ1n) is 6.81. The largest absolute Gasteiger partial charge is 0.372 e. The van der Waals surface area contributed by atoms with Crippen LogP contribution in [0.2, 0.25) is 5.02 Å². The third-order valence-corrected chi connectivity index (χ3v) is 4.40. The highest BCUT2D eigenvalue weighted by Gasteiger charge is 2.26. The number of nitrogens with zero attached hydrogens (tertiary/aromatic N) is 1. The van der Waals surface area contributed by atoms with Gasteiger partial charge in [0.2, 0.25) is 0 Å². The number of carbonyl (C=O) groups is 1. The van der Waals surface area contributed by atoms with E-state index in [-0.39, 0.29) is 33.8 Å². The summed E-state index contributed by atoms with van der Waals surface area (Å²) in [5, 5.41) is 2.85. The number of morpholine rings is 1. The van der Waals surface area contributed by atoms with Gasteiger partial charge in [-0.2, -0.15) is 8.78 Å². The maximum Gasteiger partial charge on any atom is 0.322 e. The van der Waals surface area contributed by atoms with Crippen LogP contribution in [0.5, 0.6) is 0 Å². The Labute approximate surface area is 137 Å². The number of ether oxygens (including phenoxy) is 1. The molecule has 1 saturated heterocycles. The summed E-state index contributed by atoms with van der Waals surface area (Å²) in [6.07, 6.45) is -0.132. The first-order valence-corrected chi connectivity index (χ1v) is 8.07. The molecule has 122 valence electrons. The predicted molar refractivity (Wildman–Crippen MR) is 83.9 cm³/mol. The van der Waals surface area contributed by atoms with Crippen molar-refractivity contribution in [2.75, 3.05) is 18.4 Å². The molecule has 1 N–H and O–H groups in total. The number of amides is 2. The minimum Gasteiger partial charge on any atom is -0.372 e. The van der Waals surface area contributed by atoms with Gasteiger partial charge < -0.3 is 15.0 Å². The summed E-state index contributed by atoms with van der Waals surface area (Å²) in [6, 6.07) is 4.33. The van der Waals surface area contributed by atoms with Gasteiger partial charge in [0.05, 0.1) is 27.8 Å². The van der Waals surface area contributed by atoms with E-state index in [1.54, 1.807) is 17.0 Å². The fraction of sp³-hybridized carbons (Fsp3) is 0.500. The zero-order valence-electron chi connectivity index (χ0n) is 12.2. The lowest BCUT2D eigenvalue weighted by atomic mass is 10.2. The van der Waals surface area contributed by atoms with E-state index in [9.17, 15) is 13.6 Å². The first-order chi connectivity index (χ1) is 10.4. The van der Waals surface area contributed by atoms with Crippen LogP contribution in [0.15, 0.2) is 23.1 Å². The summed E-state index contributed by atoms with van der Waals surface area (Å²) in [6.45, 7) is 4.67. The Morgan fingerprint density at radius 3 is 2.64 bits per heavy atom. The number of hydrogen-bond donors (Lipinski definition) is 1. The van der Waals surface area contributed by atoms with Gasteiger partial charge in [-0.1, -0.05) is 29.4 Å². The Kier molecular flexibility index (Phi) is 5.88. The third kappa shape index (κ3) is 4.47. The fourth-order valence-corrected chi connectivity index (χ4v) is 3.27. The SMILES string of the molecule is CC1CN(C(=O)Nc2cccc(Cl)c2SC(F)F)CC(C)O1. The molecule has 0 spiro atoms. The number of rotatable bonds is 3. The smallest absolute Gasteiger partial charge is 0.322 e. The molecular formula is C14H17ClF2N2O2S. The van der Waals surface area contributed by atoms with Gasteiger partial charge in [0, 0.05) is 13.1 Å². The van der Waals surface area contributed by atoms with Gasteiger partial charge in [-0.25, -0.2) is 4.79 Å². The number of nitrogens with one attached hydrogen (secondary N) is 1. The van der Waals surface area contributed by atoms with Gasteiger partial charge >= 0.3 is 6.03 Å². The molecule has 1 fully saturated rings. The monoisotopic (exact) mass is 350 g/mol. The van der Waals surface area contributed by atoms with Crippen molar-refractivity contribution in [2.45, 2.75) is 36.7 Å². The number of carbonyl (C=O) groups excluding carboxylic acids is 1. The Balaban J connectivity index is 2.13. The van der Waals surface area contributed by atoms with Crippen LogP contribution in [-0.4, -0.2) is 42.0 Å². The molecule has 2 atom stereocenters. The van der Waals surface area contributed by atoms with Crippen LogP contribution in [-0.2, 0) is 4.74 Å². The summed E-state index contributed by atoms with van der Waals surface area (Å²) in [5.74, 6) is -2.61. The quantitative estimate of drug-likeness (QED) is 0.826. The number of benzene rings is 1. The average Bonchev–Trinajstić information content (AvgIpc) is 2.41. The molecule has 22 heavy (non-hydrogen) atoms. The molecule has 0 saturated carbocycles. The summed E-state index contributed by atoms with van der Waals surface area (Å²) in [5.41, 5.74) is 0.287. The standard InChI is InChI=1S/C14H17ClF2N2O2S/c1-8-6-19(7-9(2)21-8)14(20)18-11-5-3-4-10(15)12(11)22-13(16)17/h3-5,8-9,13H,6-7H2,1-2H3,(H,18,20). The van der Waals surface area contributed by atoms with Crippen LogP contribution < -0.4 is 5.32 Å². The van der Waals surface area contributed by atoms with Gasteiger partial charge in [-0.05, 0) is 26.0 Å². The van der Waals surface area contributed by atoms with E-state index in [1.165, 1.54) is 6.07 Å². The van der Waals surface area contributed by atoms with Crippen LogP contribution in [0, 0.1) is 0 Å². The molecular weight excluding hydrogens is 334 g/mol. The van der Waals surface area contributed by atoms with Gasteiger partial charge in [0.15, 0.2) is 0 Å². The molecule has 1 heterocycles. The highest BCUT2D eigenvalue weighted by Crippen LogP contribution is 2.37. The molecule has 8 heteroatoms. The maximum absolute atomic E-state index is 12.6. The van der Waals surface area contributed by atoms with Crippen LogP contribution in [0.25, 0.3) is 0 Å². The molecule has 0 radical (unpaired) electrons. The normalized spacial score (nSPS) is 22.0. The number of halogens is 3. The number of anilines is 1. The lowest BCUT2D eigenvalue weighted by Gasteiger charge is -2.35. The van der Waals surface area contributed by atoms with Gasteiger partial charge in [0.1, 0.15) is 0 Å². The van der Waals surface area contributed by atoms with Crippen molar-refractivity contribution in [1.29, 1.82) is 0 Å². The number of hydrogen-bond acceptors (Lipinski definition) is 3. The van der Waals surface area contributed by atoms with E-state index >= 15 is 0 Å². The Hall–Kier alpha value is -1.05. The molecule has 2 unspecified atom stereocenters. The summed E-state index contributed by atoms with van der Waals surface area (Å²) in [4.78, 5) is 14.1. The Morgan fingerprint density at radius 1 is 1.41 bits per heavy atom. The van der Waals surface area contributed by atoms with E-state index in [0.717, 1.165) is 0 Å². The van der Waals surface area contributed by atoms with E-state index in [4.69, 9.17) is 16.3 Å². The van der Waals surface area contributed by atoms with Crippen molar-refractivity contribution in [3.05, 3.63) is 23.2 Å². The lowest BCUT2D eigenvalue weighted by molar-refractivity contribution is -0.0530. The highest BCUT2D eigenvalue weighted by molar-refractivity contribution is 7.99. The molecule has 0 aromatic heterocycles. The van der Waals surface area contributed by atoms with Crippen LogP contribution in [0.3, 0.4) is 0 Å². The second-order valence-corrected chi connectivity index (χ2v) is 6.49. The Bertz CT molecular complexity index is 538. The molecule has 0 bridgehead atoms. The first kappa shape index (κ1) is 17.3. The molecule has 2 rings (SSSR count). The maximum atomic E-state index is 12.6. The molecule has 2 amide bonds. The summed E-state index contributed by atoms with van der Waals surface area (Å²) >= 11 is 6.27. The van der Waals surface area contributed by atoms with Gasteiger partial charge in [0.25, 0.3) is 5.76 Å². The van der Waals surface area contributed by atoms with E-state index < -0.39 is 5.76 Å².